The Balaban J connectivity index is 1.94. The molecular formula is C18H29FN2. The van der Waals surface area contributed by atoms with E-state index in [1.165, 1.54) is 32.2 Å². The SMILES string of the molecule is CCCCN(CCC(NCC)c1ccccc1F)C1CC1. The van der Waals surface area contributed by atoms with E-state index in [0.717, 1.165) is 31.1 Å². The van der Waals surface area contributed by atoms with E-state index in [4.69, 9.17) is 0 Å². The van der Waals surface area contributed by atoms with Gasteiger partial charge in [-0.3, -0.25) is 0 Å². The first-order valence-electron chi connectivity index (χ1n) is 8.48. The lowest BCUT2D eigenvalue weighted by atomic mass is 10.0. The summed E-state index contributed by atoms with van der Waals surface area (Å²) in [6.07, 6.45) is 6.18. The van der Waals surface area contributed by atoms with Crippen molar-refractivity contribution in [2.75, 3.05) is 19.6 Å². The average molecular weight is 292 g/mol. The van der Waals surface area contributed by atoms with E-state index in [-0.39, 0.29) is 11.9 Å². The normalized spacial score (nSPS) is 16.4. The van der Waals surface area contributed by atoms with Gasteiger partial charge in [-0.25, -0.2) is 4.39 Å². The summed E-state index contributed by atoms with van der Waals surface area (Å²) in [6, 6.07) is 8.09. The molecule has 0 bridgehead atoms. The number of nitrogens with one attached hydrogen (secondary N) is 1. The first-order valence-corrected chi connectivity index (χ1v) is 8.48. The lowest BCUT2D eigenvalue weighted by Crippen LogP contribution is -2.32. The van der Waals surface area contributed by atoms with E-state index in [1.807, 2.05) is 12.1 Å². The summed E-state index contributed by atoms with van der Waals surface area (Å²) in [5, 5.41) is 3.44. The van der Waals surface area contributed by atoms with Crippen molar-refractivity contribution in [3.8, 4) is 0 Å². The minimum Gasteiger partial charge on any atom is -0.310 e. The largest absolute Gasteiger partial charge is 0.310 e. The Labute approximate surface area is 128 Å². The van der Waals surface area contributed by atoms with Crippen LogP contribution in [0.2, 0.25) is 0 Å². The van der Waals surface area contributed by atoms with Gasteiger partial charge in [0, 0.05) is 24.2 Å². The molecule has 1 aromatic rings. The zero-order valence-corrected chi connectivity index (χ0v) is 13.4. The topological polar surface area (TPSA) is 15.3 Å². The molecule has 1 atom stereocenters. The Morgan fingerprint density at radius 2 is 2.00 bits per heavy atom. The van der Waals surface area contributed by atoms with Crippen LogP contribution in [0.4, 0.5) is 4.39 Å². The first kappa shape index (κ1) is 16.4. The summed E-state index contributed by atoms with van der Waals surface area (Å²) in [5.74, 6) is -0.0880. The second kappa shape index (κ2) is 8.50. The number of hydrogen-bond donors (Lipinski definition) is 1. The third-order valence-corrected chi connectivity index (χ3v) is 4.30. The van der Waals surface area contributed by atoms with Gasteiger partial charge in [-0.05, 0) is 44.8 Å². The van der Waals surface area contributed by atoms with Gasteiger partial charge >= 0.3 is 0 Å². The minimum absolute atomic E-state index is 0.0880. The van der Waals surface area contributed by atoms with Crippen LogP contribution in [-0.4, -0.2) is 30.6 Å². The van der Waals surface area contributed by atoms with Crippen LogP contribution in [0.15, 0.2) is 24.3 Å². The van der Waals surface area contributed by atoms with Gasteiger partial charge in [0.25, 0.3) is 0 Å². The predicted molar refractivity (Wildman–Crippen MR) is 86.9 cm³/mol. The molecule has 0 aromatic heterocycles. The van der Waals surface area contributed by atoms with Crippen molar-refractivity contribution in [1.82, 2.24) is 10.2 Å². The van der Waals surface area contributed by atoms with Gasteiger partial charge in [0.05, 0.1) is 0 Å². The highest BCUT2D eigenvalue weighted by atomic mass is 19.1. The highest BCUT2D eigenvalue weighted by Gasteiger charge is 2.28. The number of rotatable bonds is 10. The van der Waals surface area contributed by atoms with Crippen LogP contribution in [0, 0.1) is 5.82 Å². The van der Waals surface area contributed by atoms with E-state index in [0.29, 0.717) is 0 Å². The minimum atomic E-state index is -0.0880. The number of unbranched alkanes of at least 4 members (excludes halogenated alkanes) is 1. The fourth-order valence-corrected chi connectivity index (χ4v) is 2.94. The maximum Gasteiger partial charge on any atom is 0.127 e. The van der Waals surface area contributed by atoms with Crippen molar-refractivity contribution in [3.05, 3.63) is 35.6 Å². The third-order valence-electron chi connectivity index (χ3n) is 4.30. The maximum atomic E-state index is 14.0. The van der Waals surface area contributed by atoms with Crippen LogP contribution in [0.5, 0.6) is 0 Å². The summed E-state index contributed by atoms with van der Waals surface area (Å²) in [5.41, 5.74) is 0.811. The van der Waals surface area contributed by atoms with E-state index in [2.05, 4.69) is 24.1 Å². The zero-order chi connectivity index (χ0) is 15.1. The fourth-order valence-electron chi connectivity index (χ4n) is 2.94. The second-order valence-corrected chi connectivity index (χ2v) is 6.04. The van der Waals surface area contributed by atoms with Gasteiger partial charge in [0.15, 0.2) is 0 Å². The predicted octanol–water partition coefficient (Wildman–Crippen LogP) is 4.13. The Kier molecular flexibility index (Phi) is 6.65. The molecule has 2 rings (SSSR count). The smallest absolute Gasteiger partial charge is 0.127 e. The highest BCUT2D eigenvalue weighted by molar-refractivity contribution is 5.21. The molecule has 0 spiro atoms. The van der Waals surface area contributed by atoms with Crippen molar-refractivity contribution < 1.29 is 4.39 Å². The van der Waals surface area contributed by atoms with Crippen LogP contribution >= 0.6 is 0 Å². The average Bonchev–Trinajstić information content (AvgIpc) is 3.31. The molecule has 0 aliphatic heterocycles. The van der Waals surface area contributed by atoms with Gasteiger partial charge in [-0.1, -0.05) is 38.5 Å². The van der Waals surface area contributed by atoms with Crippen LogP contribution in [-0.2, 0) is 0 Å². The van der Waals surface area contributed by atoms with Crippen molar-refractivity contribution in [1.29, 1.82) is 0 Å². The molecule has 1 N–H and O–H groups in total. The van der Waals surface area contributed by atoms with Crippen LogP contribution in [0.25, 0.3) is 0 Å². The van der Waals surface area contributed by atoms with Crippen LogP contribution in [0.3, 0.4) is 0 Å². The van der Waals surface area contributed by atoms with Crippen LogP contribution < -0.4 is 5.32 Å². The van der Waals surface area contributed by atoms with E-state index in [9.17, 15) is 4.39 Å². The highest BCUT2D eigenvalue weighted by Crippen LogP contribution is 2.29. The Bertz CT molecular complexity index is 417. The van der Waals surface area contributed by atoms with Gasteiger partial charge in [-0.15, -0.1) is 0 Å². The number of halogens is 1. The van der Waals surface area contributed by atoms with Crippen molar-refractivity contribution in [3.63, 3.8) is 0 Å². The summed E-state index contributed by atoms with van der Waals surface area (Å²) in [6.45, 7) is 7.46. The van der Waals surface area contributed by atoms with Crippen molar-refractivity contribution in [2.45, 2.75) is 58.0 Å². The Morgan fingerprint density at radius 3 is 2.62 bits per heavy atom. The molecule has 1 unspecified atom stereocenters. The zero-order valence-electron chi connectivity index (χ0n) is 13.4. The number of hydrogen-bond acceptors (Lipinski definition) is 2. The monoisotopic (exact) mass is 292 g/mol. The first-order chi connectivity index (χ1) is 10.3. The summed E-state index contributed by atoms with van der Waals surface area (Å²) in [7, 11) is 0. The van der Waals surface area contributed by atoms with E-state index in [1.54, 1.807) is 12.1 Å². The standard InChI is InChI=1S/C18H29FN2/c1-3-5-13-21(15-10-11-15)14-12-18(20-4-2)16-8-6-7-9-17(16)19/h6-9,15,18,20H,3-5,10-14H2,1-2H3. The third kappa shape index (κ3) is 5.08. The second-order valence-electron chi connectivity index (χ2n) is 6.04. The lowest BCUT2D eigenvalue weighted by molar-refractivity contribution is 0.243. The molecule has 118 valence electrons. The van der Waals surface area contributed by atoms with Gasteiger partial charge < -0.3 is 10.2 Å². The molecule has 2 nitrogen and oxygen atoms in total. The quantitative estimate of drug-likeness (QED) is 0.697. The van der Waals surface area contributed by atoms with Crippen molar-refractivity contribution >= 4 is 0 Å². The molecule has 1 fully saturated rings. The summed E-state index contributed by atoms with van der Waals surface area (Å²) in [4.78, 5) is 2.61. The van der Waals surface area contributed by atoms with Gasteiger partial charge in [0.1, 0.15) is 5.82 Å². The Hall–Kier alpha value is -0.930. The molecule has 0 amide bonds. The molecule has 1 saturated carbocycles. The molecule has 3 heteroatoms. The molecule has 21 heavy (non-hydrogen) atoms. The van der Waals surface area contributed by atoms with Crippen molar-refractivity contribution in [2.24, 2.45) is 0 Å². The maximum absolute atomic E-state index is 14.0. The molecule has 1 aromatic carbocycles. The molecular weight excluding hydrogens is 263 g/mol. The van der Waals surface area contributed by atoms with Gasteiger partial charge in [0.2, 0.25) is 0 Å². The number of benzene rings is 1. The molecule has 0 radical (unpaired) electrons. The number of nitrogens with zero attached hydrogens (tertiary/aromatic N) is 1. The summed E-state index contributed by atoms with van der Waals surface area (Å²) >= 11 is 0. The molecule has 1 aliphatic rings. The molecule has 1 aliphatic carbocycles. The Morgan fingerprint density at radius 1 is 1.24 bits per heavy atom. The lowest BCUT2D eigenvalue weighted by Gasteiger charge is -2.26. The fraction of sp³-hybridized carbons (Fsp3) is 0.667. The molecule has 0 saturated heterocycles. The van der Waals surface area contributed by atoms with E-state index < -0.39 is 0 Å². The van der Waals surface area contributed by atoms with E-state index >= 15 is 0 Å². The molecule has 0 heterocycles. The summed E-state index contributed by atoms with van der Waals surface area (Å²) < 4.78 is 14.0. The van der Waals surface area contributed by atoms with Crippen LogP contribution in [0.1, 0.15) is 57.6 Å². The van der Waals surface area contributed by atoms with Gasteiger partial charge in [-0.2, -0.15) is 0 Å².